The van der Waals surface area contributed by atoms with E-state index >= 15 is 0 Å². The van der Waals surface area contributed by atoms with E-state index in [1.165, 1.54) is 0 Å². The molecular formula is C14H21NO3S. The minimum absolute atomic E-state index is 0.200. The van der Waals surface area contributed by atoms with E-state index in [1.54, 1.807) is 24.3 Å². The molecule has 1 fully saturated rings. The Hall–Kier alpha value is -0.910. The quantitative estimate of drug-likeness (QED) is 0.860. The summed E-state index contributed by atoms with van der Waals surface area (Å²) in [4.78, 5) is 0.235. The maximum absolute atomic E-state index is 12.1. The van der Waals surface area contributed by atoms with E-state index in [2.05, 4.69) is 0 Å². The van der Waals surface area contributed by atoms with Crippen LogP contribution in [0.2, 0.25) is 0 Å². The van der Waals surface area contributed by atoms with Crippen molar-refractivity contribution < 1.29 is 12.6 Å². The van der Waals surface area contributed by atoms with Crippen molar-refractivity contribution >= 4 is 10.1 Å². The molecule has 0 heterocycles. The molecule has 0 aromatic heterocycles. The van der Waals surface area contributed by atoms with Crippen molar-refractivity contribution in [3.8, 4) is 0 Å². The van der Waals surface area contributed by atoms with Crippen LogP contribution in [-0.4, -0.2) is 21.1 Å². The summed E-state index contributed by atoms with van der Waals surface area (Å²) < 4.78 is 29.6. The van der Waals surface area contributed by atoms with Crippen LogP contribution in [0.5, 0.6) is 0 Å². The topological polar surface area (TPSA) is 69.4 Å². The first-order chi connectivity index (χ1) is 9.01. The number of hydrogen-bond acceptors (Lipinski definition) is 4. The van der Waals surface area contributed by atoms with E-state index < -0.39 is 10.1 Å². The van der Waals surface area contributed by atoms with Crippen LogP contribution in [0.4, 0.5) is 0 Å². The monoisotopic (exact) mass is 283 g/mol. The van der Waals surface area contributed by atoms with Crippen molar-refractivity contribution in [2.45, 2.75) is 43.6 Å². The van der Waals surface area contributed by atoms with Gasteiger partial charge in [0.25, 0.3) is 10.1 Å². The molecule has 0 radical (unpaired) electrons. The molecule has 4 nitrogen and oxygen atoms in total. The largest absolute Gasteiger partial charge is 0.330 e. The van der Waals surface area contributed by atoms with E-state index in [0.717, 1.165) is 31.2 Å². The molecule has 1 aliphatic carbocycles. The van der Waals surface area contributed by atoms with Crippen molar-refractivity contribution in [1.29, 1.82) is 0 Å². The molecule has 1 aromatic rings. The van der Waals surface area contributed by atoms with Gasteiger partial charge in [-0.3, -0.25) is 4.18 Å². The van der Waals surface area contributed by atoms with Crippen molar-refractivity contribution in [3.63, 3.8) is 0 Å². The summed E-state index contributed by atoms with van der Waals surface area (Å²) in [6, 6.07) is 6.75. The number of hydrogen-bond donors (Lipinski definition) is 1. The molecule has 0 aliphatic heterocycles. The molecule has 0 spiro atoms. The van der Waals surface area contributed by atoms with Crippen LogP contribution in [0.3, 0.4) is 0 Å². The van der Waals surface area contributed by atoms with Gasteiger partial charge in [0.05, 0.1) is 11.0 Å². The SMILES string of the molecule is Cc1ccc(S(=O)(=O)OC2CCC(CN)CC2)cc1. The van der Waals surface area contributed by atoms with E-state index in [4.69, 9.17) is 9.92 Å². The third-order valence-electron chi connectivity index (χ3n) is 3.70. The Bertz CT molecular complexity index is 502. The fraction of sp³-hybridized carbons (Fsp3) is 0.571. The molecule has 0 saturated heterocycles. The molecule has 0 amide bonds. The van der Waals surface area contributed by atoms with Crippen LogP contribution in [0.15, 0.2) is 29.2 Å². The molecule has 1 aliphatic rings. The molecule has 0 bridgehead atoms. The van der Waals surface area contributed by atoms with Gasteiger partial charge in [-0.05, 0) is 57.2 Å². The number of aryl methyl sites for hydroxylation is 1. The second-order valence-electron chi connectivity index (χ2n) is 5.24. The maximum Gasteiger partial charge on any atom is 0.297 e. The molecule has 19 heavy (non-hydrogen) atoms. The predicted molar refractivity (Wildman–Crippen MR) is 74.3 cm³/mol. The zero-order valence-electron chi connectivity index (χ0n) is 11.2. The highest BCUT2D eigenvalue weighted by atomic mass is 32.2. The number of benzene rings is 1. The highest BCUT2D eigenvalue weighted by Gasteiger charge is 2.26. The Balaban J connectivity index is 2.00. The lowest BCUT2D eigenvalue weighted by atomic mass is 9.88. The second-order valence-corrected chi connectivity index (χ2v) is 6.81. The molecular weight excluding hydrogens is 262 g/mol. The van der Waals surface area contributed by atoms with Gasteiger partial charge in [0.15, 0.2) is 0 Å². The Labute approximate surface area is 115 Å². The fourth-order valence-corrected chi connectivity index (χ4v) is 3.53. The highest BCUT2D eigenvalue weighted by molar-refractivity contribution is 7.86. The van der Waals surface area contributed by atoms with Crippen molar-refractivity contribution in [2.24, 2.45) is 11.7 Å². The third-order valence-corrected chi connectivity index (χ3v) is 5.07. The van der Waals surface area contributed by atoms with Gasteiger partial charge >= 0.3 is 0 Å². The average molecular weight is 283 g/mol. The summed E-state index contributed by atoms with van der Waals surface area (Å²) in [7, 11) is -3.63. The normalized spacial score (nSPS) is 24.3. The summed E-state index contributed by atoms with van der Waals surface area (Å²) in [5.74, 6) is 0.516. The van der Waals surface area contributed by atoms with E-state index in [9.17, 15) is 8.42 Å². The Morgan fingerprint density at radius 1 is 1.16 bits per heavy atom. The van der Waals surface area contributed by atoms with Crippen molar-refractivity contribution in [3.05, 3.63) is 29.8 Å². The van der Waals surface area contributed by atoms with Crippen LogP contribution in [0, 0.1) is 12.8 Å². The predicted octanol–water partition coefficient (Wildman–Crippen LogP) is 2.22. The summed E-state index contributed by atoms with van der Waals surface area (Å²) >= 11 is 0. The fourth-order valence-electron chi connectivity index (χ4n) is 2.40. The first-order valence-corrected chi connectivity index (χ1v) is 8.12. The lowest BCUT2D eigenvalue weighted by Gasteiger charge is -2.27. The van der Waals surface area contributed by atoms with Crippen LogP contribution < -0.4 is 5.73 Å². The van der Waals surface area contributed by atoms with E-state index in [0.29, 0.717) is 12.5 Å². The van der Waals surface area contributed by atoms with Gasteiger partial charge in [0.2, 0.25) is 0 Å². The van der Waals surface area contributed by atoms with Gasteiger partial charge in [0, 0.05) is 0 Å². The zero-order chi connectivity index (χ0) is 13.9. The molecule has 0 atom stereocenters. The number of rotatable bonds is 4. The lowest BCUT2D eigenvalue weighted by molar-refractivity contribution is 0.139. The minimum atomic E-state index is -3.63. The first kappa shape index (κ1) is 14.5. The maximum atomic E-state index is 12.1. The molecule has 2 rings (SSSR count). The van der Waals surface area contributed by atoms with Crippen LogP contribution in [0.1, 0.15) is 31.2 Å². The van der Waals surface area contributed by atoms with Crippen LogP contribution in [0.25, 0.3) is 0 Å². The Morgan fingerprint density at radius 2 is 1.74 bits per heavy atom. The summed E-state index contributed by atoms with van der Waals surface area (Å²) in [5, 5.41) is 0. The van der Waals surface area contributed by atoms with Gasteiger partial charge in [-0.25, -0.2) is 0 Å². The van der Waals surface area contributed by atoms with Gasteiger partial charge < -0.3 is 5.73 Å². The van der Waals surface area contributed by atoms with Gasteiger partial charge in [-0.15, -0.1) is 0 Å². The molecule has 0 unspecified atom stereocenters. The van der Waals surface area contributed by atoms with Crippen molar-refractivity contribution in [2.75, 3.05) is 6.54 Å². The summed E-state index contributed by atoms with van der Waals surface area (Å²) in [6.45, 7) is 2.60. The third kappa shape index (κ3) is 3.78. The Kier molecular flexibility index (Phi) is 4.60. The molecule has 2 N–H and O–H groups in total. The van der Waals surface area contributed by atoms with E-state index in [-0.39, 0.29) is 11.0 Å². The lowest BCUT2D eigenvalue weighted by Crippen LogP contribution is -2.27. The first-order valence-electron chi connectivity index (χ1n) is 6.71. The smallest absolute Gasteiger partial charge is 0.297 e. The summed E-state index contributed by atoms with van der Waals surface area (Å²) in [6.07, 6.45) is 3.24. The molecule has 106 valence electrons. The van der Waals surface area contributed by atoms with E-state index in [1.807, 2.05) is 6.92 Å². The van der Waals surface area contributed by atoms with Gasteiger partial charge in [-0.1, -0.05) is 17.7 Å². The van der Waals surface area contributed by atoms with Gasteiger partial charge in [0.1, 0.15) is 0 Å². The zero-order valence-corrected chi connectivity index (χ0v) is 12.0. The van der Waals surface area contributed by atoms with Crippen LogP contribution >= 0.6 is 0 Å². The molecule has 1 saturated carbocycles. The van der Waals surface area contributed by atoms with Crippen molar-refractivity contribution in [1.82, 2.24) is 0 Å². The average Bonchev–Trinajstić information content (AvgIpc) is 2.40. The summed E-state index contributed by atoms with van der Waals surface area (Å²) in [5.41, 5.74) is 6.65. The highest BCUT2D eigenvalue weighted by Crippen LogP contribution is 2.28. The second kappa shape index (κ2) is 6.03. The van der Waals surface area contributed by atoms with Gasteiger partial charge in [-0.2, -0.15) is 8.42 Å². The van der Waals surface area contributed by atoms with Crippen LogP contribution in [-0.2, 0) is 14.3 Å². The standard InChI is InChI=1S/C14H21NO3S/c1-11-2-8-14(9-3-11)19(16,17)18-13-6-4-12(10-15)5-7-13/h2-3,8-9,12-13H,4-7,10,15H2,1H3. The number of nitrogens with two attached hydrogens (primary N) is 1. The Morgan fingerprint density at radius 3 is 2.26 bits per heavy atom. The molecule has 5 heteroatoms. The molecule has 1 aromatic carbocycles. The minimum Gasteiger partial charge on any atom is -0.330 e.